The van der Waals surface area contributed by atoms with Crippen molar-refractivity contribution in [2.75, 3.05) is 12.4 Å². The zero-order valence-corrected chi connectivity index (χ0v) is 11.2. The van der Waals surface area contributed by atoms with Crippen molar-refractivity contribution >= 4 is 17.5 Å². The quantitative estimate of drug-likeness (QED) is 0.903. The number of methoxy groups -OCH3 is 1. The van der Waals surface area contributed by atoms with Crippen LogP contribution in [0, 0.1) is 0 Å². The van der Waals surface area contributed by atoms with Gasteiger partial charge in [-0.25, -0.2) is 14.8 Å². The number of carboxylic acid groups (broad SMARTS) is 1. The first kappa shape index (κ1) is 15.5. The van der Waals surface area contributed by atoms with E-state index in [0.717, 1.165) is 18.5 Å². The van der Waals surface area contributed by atoms with E-state index < -0.39 is 23.4 Å². The monoisotopic (exact) mass is 313 g/mol. The Hall–Kier alpha value is -2.84. The Morgan fingerprint density at radius 1 is 1.32 bits per heavy atom. The number of aromatic nitrogens is 2. The third kappa shape index (κ3) is 3.25. The SMILES string of the molecule is COc1c(Nc2cccc(C(F)(F)F)c2)ncnc1C(=O)O. The van der Waals surface area contributed by atoms with Gasteiger partial charge in [-0.15, -0.1) is 0 Å². The van der Waals surface area contributed by atoms with Gasteiger partial charge in [0, 0.05) is 5.69 Å². The van der Waals surface area contributed by atoms with E-state index in [1.165, 1.54) is 19.2 Å². The molecule has 6 nitrogen and oxygen atoms in total. The fraction of sp³-hybridized carbons (Fsp3) is 0.154. The maximum Gasteiger partial charge on any atom is 0.416 e. The zero-order chi connectivity index (χ0) is 16.3. The third-order valence-electron chi connectivity index (χ3n) is 2.66. The normalized spacial score (nSPS) is 11.1. The summed E-state index contributed by atoms with van der Waals surface area (Å²) in [5, 5.41) is 11.6. The smallest absolute Gasteiger partial charge is 0.416 e. The van der Waals surface area contributed by atoms with Gasteiger partial charge in [0.05, 0.1) is 12.7 Å². The number of nitrogens with zero attached hydrogens (tertiary/aromatic N) is 2. The van der Waals surface area contributed by atoms with Crippen LogP contribution in [-0.2, 0) is 6.18 Å². The van der Waals surface area contributed by atoms with Gasteiger partial charge in [-0.05, 0) is 18.2 Å². The van der Waals surface area contributed by atoms with E-state index in [1.807, 2.05) is 0 Å². The predicted octanol–water partition coefficient (Wildman–Crippen LogP) is 2.95. The summed E-state index contributed by atoms with van der Waals surface area (Å²) in [7, 11) is 1.21. The Morgan fingerprint density at radius 2 is 2.05 bits per heavy atom. The Kier molecular flexibility index (Phi) is 4.15. The number of carboxylic acids is 1. The fourth-order valence-corrected chi connectivity index (χ4v) is 1.72. The second-order valence-corrected chi connectivity index (χ2v) is 4.11. The van der Waals surface area contributed by atoms with Crippen molar-refractivity contribution in [2.24, 2.45) is 0 Å². The van der Waals surface area contributed by atoms with Gasteiger partial charge >= 0.3 is 12.1 Å². The molecule has 0 saturated heterocycles. The molecule has 9 heteroatoms. The number of rotatable bonds is 4. The molecule has 0 bridgehead atoms. The molecule has 0 amide bonds. The summed E-state index contributed by atoms with van der Waals surface area (Å²) < 4.78 is 42.9. The number of carbonyl (C=O) groups is 1. The van der Waals surface area contributed by atoms with Crippen LogP contribution in [0.15, 0.2) is 30.6 Å². The summed E-state index contributed by atoms with van der Waals surface area (Å²) in [6, 6.07) is 4.40. The van der Waals surface area contributed by atoms with Crippen LogP contribution in [0.25, 0.3) is 0 Å². The van der Waals surface area contributed by atoms with Crippen molar-refractivity contribution in [3.8, 4) is 5.75 Å². The van der Waals surface area contributed by atoms with Gasteiger partial charge in [0.15, 0.2) is 17.3 Å². The predicted molar refractivity (Wildman–Crippen MR) is 70.3 cm³/mol. The number of halogens is 3. The summed E-state index contributed by atoms with van der Waals surface area (Å²) in [4.78, 5) is 18.4. The van der Waals surface area contributed by atoms with Gasteiger partial charge in [-0.1, -0.05) is 6.07 Å². The second-order valence-electron chi connectivity index (χ2n) is 4.11. The lowest BCUT2D eigenvalue weighted by Crippen LogP contribution is -2.08. The molecule has 0 aliphatic rings. The minimum Gasteiger partial charge on any atom is -0.491 e. The molecule has 1 heterocycles. The zero-order valence-electron chi connectivity index (χ0n) is 11.2. The number of hydrogen-bond acceptors (Lipinski definition) is 5. The fourth-order valence-electron chi connectivity index (χ4n) is 1.72. The molecular weight excluding hydrogens is 303 g/mol. The highest BCUT2D eigenvalue weighted by atomic mass is 19.4. The number of ether oxygens (including phenoxy) is 1. The summed E-state index contributed by atoms with van der Waals surface area (Å²) in [6.45, 7) is 0. The molecule has 22 heavy (non-hydrogen) atoms. The lowest BCUT2D eigenvalue weighted by molar-refractivity contribution is -0.137. The van der Waals surface area contributed by atoms with E-state index >= 15 is 0 Å². The van der Waals surface area contributed by atoms with Crippen LogP contribution in [-0.4, -0.2) is 28.2 Å². The highest BCUT2D eigenvalue weighted by Gasteiger charge is 2.30. The van der Waals surface area contributed by atoms with Gasteiger partial charge in [0.1, 0.15) is 6.33 Å². The summed E-state index contributed by atoms with van der Waals surface area (Å²) in [5.41, 5.74) is -1.15. The first-order chi connectivity index (χ1) is 10.3. The molecule has 1 aromatic carbocycles. The average molecular weight is 313 g/mol. The summed E-state index contributed by atoms with van der Waals surface area (Å²) >= 11 is 0. The minimum absolute atomic E-state index is 0.0470. The van der Waals surface area contributed by atoms with Crippen LogP contribution in [0.3, 0.4) is 0 Å². The first-order valence-corrected chi connectivity index (χ1v) is 5.89. The van der Waals surface area contributed by atoms with Gasteiger partial charge in [-0.3, -0.25) is 0 Å². The molecule has 0 radical (unpaired) electrons. The van der Waals surface area contributed by atoms with Crippen molar-refractivity contribution in [1.82, 2.24) is 9.97 Å². The number of benzene rings is 1. The van der Waals surface area contributed by atoms with Crippen LogP contribution in [0.4, 0.5) is 24.7 Å². The van der Waals surface area contributed by atoms with Crippen molar-refractivity contribution in [2.45, 2.75) is 6.18 Å². The maximum absolute atomic E-state index is 12.7. The molecule has 1 aromatic heterocycles. The van der Waals surface area contributed by atoms with Gasteiger partial charge in [0.2, 0.25) is 0 Å². The average Bonchev–Trinajstić information content (AvgIpc) is 2.46. The van der Waals surface area contributed by atoms with Gasteiger partial charge in [0.25, 0.3) is 0 Å². The van der Waals surface area contributed by atoms with Crippen LogP contribution in [0.2, 0.25) is 0 Å². The Bertz CT molecular complexity index is 704. The van der Waals surface area contributed by atoms with E-state index in [0.29, 0.717) is 0 Å². The lowest BCUT2D eigenvalue weighted by atomic mass is 10.2. The van der Waals surface area contributed by atoms with E-state index in [-0.39, 0.29) is 17.3 Å². The Balaban J connectivity index is 2.39. The van der Waals surface area contributed by atoms with E-state index in [4.69, 9.17) is 9.84 Å². The number of anilines is 2. The van der Waals surface area contributed by atoms with Crippen molar-refractivity contribution in [3.63, 3.8) is 0 Å². The molecule has 2 N–H and O–H groups in total. The number of nitrogens with one attached hydrogen (secondary N) is 1. The van der Waals surface area contributed by atoms with Crippen LogP contribution < -0.4 is 10.1 Å². The molecule has 0 unspecified atom stereocenters. The summed E-state index contributed by atoms with van der Waals surface area (Å²) in [5.74, 6) is -1.56. The topological polar surface area (TPSA) is 84.3 Å². The number of hydrogen-bond donors (Lipinski definition) is 2. The molecule has 0 fully saturated rings. The first-order valence-electron chi connectivity index (χ1n) is 5.89. The molecule has 2 aromatic rings. The van der Waals surface area contributed by atoms with Crippen molar-refractivity contribution < 1.29 is 27.8 Å². The largest absolute Gasteiger partial charge is 0.491 e. The standard InChI is InChI=1S/C13H10F3N3O3/c1-22-10-9(12(20)21)17-6-18-11(10)19-8-4-2-3-7(5-8)13(14,15)16/h2-6H,1H3,(H,20,21)(H,17,18,19). The molecule has 0 atom stereocenters. The van der Waals surface area contributed by atoms with Crippen LogP contribution in [0.5, 0.6) is 5.75 Å². The van der Waals surface area contributed by atoms with Crippen LogP contribution in [0.1, 0.15) is 16.1 Å². The number of alkyl halides is 3. The Morgan fingerprint density at radius 3 is 2.64 bits per heavy atom. The molecule has 0 spiro atoms. The minimum atomic E-state index is -4.49. The van der Waals surface area contributed by atoms with Gasteiger partial charge in [-0.2, -0.15) is 13.2 Å². The van der Waals surface area contributed by atoms with Crippen molar-refractivity contribution in [3.05, 3.63) is 41.9 Å². The second kappa shape index (κ2) is 5.88. The summed E-state index contributed by atoms with van der Waals surface area (Å²) in [6.07, 6.45) is -3.51. The molecule has 116 valence electrons. The lowest BCUT2D eigenvalue weighted by Gasteiger charge is -2.13. The molecule has 2 rings (SSSR count). The molecular formula is C13H10F3N3O3. The highest BCUT2D eigenvalue weighted by molar-refractivity contribution is 5.90. The number of aromatic carboxylic acids is 1. The molecule has 0 aliphatic heterocycles. The highest BCUT2D eigenvalue weighted by Crippen LogP contribution is 2.33. The van der Waals surface area contributed by atoms with E-state index in [9.17, 15) is 18.0 Å². The van der Waals surface area contributed by atoms with Crippen LogP contribution >= 0.6 is 0 Å². The Labute approximate surface area is 122 Å². The van der Waals surface area contributed by atoms with E-state index in [2.05, 4.69) is 15.3 Å². The third-order valence-corrected chi connectivity index (χ3v) is 2.66. The molecule has 0 aliphatic carbocycles. The maximum atomic E-state index is 12.7. The van der Waals surface area contributed by atoms with Gasteiger partial charge < -0.3 is 15.2 Å². The van der Waals surface area contributed by atoms with Crippen molar-refractivity contribution in [1.29, 1.82) is 0 Å². The molecule has 0 saturated carbocycles. The van der Waals surface area contributed by atoms with E-state index in [1.54, 1.807) is 0 Å².